The van der Waals surface area contributed by atoms with Crippen LogP contribution in [0.25, 0.3) is 0 Å². The molecule has 1 fully saturated rings. The predicted molar refractivity (Wildman–Crippen MR) is 90.5 cm³/mol. The average Bonchev–Trinajstić information content (AvgIpc) is 2.97. The molecule has 0 aromatic carbocycles. The lowest BCUT2D eigenvalue weighted by Crippen LogP contribution is -2.34. The number of nitrogens with one attached hydrogen (secondary N) is 2. The summed E-state index contributed by atoms with van der Waals surface area (Å²) in [6.45, 7) is 2.65. The quantitative estimate of drug-likeness (QED) is 0.677. The van der Waals surface area contributed by atoms with Gasteiger partial charge in [0.2, 0.25) is 0 Å². The van der Waals surface area contributed by atoms with Gasteiger partial charge in [-0.25, -0.2) is 4.98 Å². The Morgan fingerprint density at radius 3 is 3.04 bits per heavy atom. The fourth-order valence-electron chi connectivity index (χ4n) is 2.87. The molecule has 0 bridgehead atoms. The zero-order valence-corrected chi connectivity index (χ0v) is 13.9. The Labute approximate surface area is 144 Å². The van der Waals surface area contributed by atoms with Gasteiger partial charge in [0.1, 0.15) is 11.6 Å². The molecule has 2 aromatic rings. The minimum Gasteiger partial charge on any atom is -0.455 e. The van der Waals surface area contributed by atoms with Crippen molar-refractivity contribution in [1.82, 2.24) is 20.2 Å². The number of nitrogens with zero attached hydrogens (tertiary/aromatic N) is 3. The Bertz CT molecular complexity index is 787. The normalized spacial score (nSPS) is 18.8. The first kappa shape index (κ1) is 17.2. The number of carbonyl (C=O) groups is 1. The molecule has 0 spiro atoms. The van der Waals surface area contributed by atoms with Gasteiger partial charge in [-0.2, -0.15) is 0 Å². The van der Waals surface area contributed by atoms with E-state index in [1.165, 1.54) is 12.4 Å². The number of carbonyl (C=O) groups excluding carboxylic acids is 1. The molecule has 3 heterocycles. The Morgan fingerprint density at radius 1 is 1.44 bits per heavy atom. The molecule has 3 rings (SSSR count). The molecule has 0 aliphatic carbocycles. The van der Waals surface area contributed by atoms with Gasteiger partial charge >= 0.3 is 0 Å². The van der Waals surface area contributed by atoms with Crippen LogP contribution in [-0.4, -0.2) is 65.2 Å². The van der Waals surface area contributed by atoms with Gasteiger partial charge in [0.15, 0.2) is 5.76 Å². The summed E-state index contributed by atoms with van der Waals surface area (Å²) in [5.41, 5.74) is -0.224. The number of rotatable bonds is 4. The number of aromatic amines is 1. The molecule has 25 heavy (non-hydrogen) atoms. The van der Waals surface area contributed by atoms with Crippen LogP contribution in [0, 0.1) is 0 Å². The van der Waals surface area contributed by atoms with Gasteiger partial charge in [0.25, 0.3) is 11.5 Å². The first-order valence-electron chi connectivity index (χ1n) is 8.06. The Balaban J connectivity index is 1.66. The molecule has 134 valence electrons. The van der Waals surface area contributed by atoms with E-state index in [0.29, 0.717) is 44.3 Å². The van der Waals surface area contributed by atoms with Crippen molar-refractivity contribution in [2.75, 3.05) is 38.1 Å². The molecular formula is C16H21N5O4. The highest BCUT2D eigenvalue weighted by molar-refractivity contribution is 5.91. The lowest BCUT2D eigenvalue weighted by Gasteiger charge is -2.22. The number of H-pyrrole nitrogens is 1. The Kier molecular flexibility index (Phi) is 5.15. The van der Waals surface area contributed by atoms with Crippen LogP contribution in [0.1, 0.15) is 16.3 Å². The van der Waals surface area contributed by atoms with Crippen LogP contribution < -0.4 is 15.8 Å². The van der Waals surface area contributed by atoms with Gasteiger partial charge in [-0.1, -0.05) is 0 Å². The highest BCUT2D eigenvalue weighted by Gasteiger charge is 2.23. The van der Waals surface area contributed by atoms with Gasteiger partial charge in [-0.15, -0.1) is 0 Å². The second kappa shape index (κ2) is 7.49. The molecule has 1 amide bonds. The van der Waals surface area contributed by atoms with Crippen molar-refractivity contribution in [2.24, 2.45) is 0 Å². The van der Waals surface area contributed by atoms with Crippen molar-refractivity contribution in [3.8, 4) is 0 Å². The molecule has 1 aliphatic rings. The van der Waals surface area contributed by atoms with E-state index in [-0.39, 0.29) is 17.2 Å². The van der Waals surface area contributed by atoms with Crippen LogP contribution in [-0.2, 0) is 6.54 Å². The molecule has 0 unspecified atom stereocenters. The smallest absolute Gasteiger partial charge is 0.286 e. The highest BCUT2D eigenvalue weighted by atomic mass is 16.4. The maximum absolute atomic E-state index is 11.6. The van der Waals surface area contributed by atoms with Gasteiger partial charge in [-0.05, 0) is 12.1 Å². The maximum atomic E-state index is 11.6. The van der Waals surface area contributed by atoms with Crippen LogP contribution in [0.4, 0.5) is 5.82 Å². The molecule has 9 nitrogen and oxygen atoms in total. The first-order valence-corrected chi connectivity index (χ1v) is 8.06. The van der Waals surface area contributed by atoms with Crippen LogP contribution >= 0.6 is 0 Å². The van der Waals surface area contributed by atoms with Gasteiger partial charge in [0, 0.05) is 39.3 Å². The molecule has 0 saturated carbocycles. The SMILES string of the molecule is CNC(=O)c1ccc(CN2CCN(c3cc(=O)[nH]cn3)C[C@@H](O)C2)o1. The number of anilines is 1. The molecular weight excluding hydrogens is 326 g/mol. The number of aromatic nitrogens is 2. The van der Waals surface area contributed by atoms with Crippen molar-refractivity contribution < 1.29 is 14.3 Å². The summed E-state index contributed by atoms with van der Waals surface area (Å²) in [5.74, 6) is 1.20. The third-order valence-corrected chi connectivity index (χ3v) is 4.07. The fraction of sp³-hybridized carbons (Fsp3) is 0.438. The number of hydrogen-bond donors (Lipinski definition) is 3. The number of hydrogen-bond acceptors (Lipinski definition) is 7. The van der Waals surface area contributed by atoms with Crippen molar-refractivity contribution >= 4 is 11.7 Å². The summed E-state index contributed by atoms with van der Waals surface area (Å²) in [5, 5.41) is 12.8. The molecule has 0 radical (unpaired) electrons. The van der Waals surface area contributed by atoms with E-state index >= 15 is 0 Å². The number of amides is 1. The monoisotopic (exact) mass is 347 g/mol. The molecule has 1 aliphatic heterocycles. The summed E-state index contributed by atoms with van der Waals surface area (Å²) >= 11 is 0. The number of β-amino-alcohol motifs (C(OH)–C–C–N with tert-alkyl or cyclic N) is 1. The van der Waals surface area contributed by atoms with E-state index in [0.717, 1.165) is 0 Å². The summed E-state index contributed by atoms with van der Waals surface area (Å²) in [6.07, 6.45) is 0.771. The van der Waals surface area contributed by atoms with Crippen LogP contribution in [0.15, 0.2) is 33.7 Å². The van der Waals surface area contributed by atoms with E-state index in [1.54, 1.807) is 19.2 Å². The van der Waals surface area contributed by atoms with Crippen molar-refractivity contribution in [3.05, 3.63) is 46.4 Å². The van der Waals surface area contributed by atoms with Gasteiger partial charge in [-0.3, -0.25) is 14.5 Å². The average molecular weight is 347 g/mol. The standard InChI is InChI=1S/C16H21N5O4/c1-17-16(24)13-3-2-12(25-13)9-20-4-5-21(8-11(22)7-20)14-6-15(23)19-10-18-14/h2-3,6,10-11,22H,4-5,7-9H2,1H3,(H,17,24)(H,18,19,23)/t11-/m0/s1. The largest absolute Gasteiger partial charge is 0.455 e. The summed E-state index contributed by atoms with van der Waals surface area (Å²) < 4.78 is 5.54. The topological polar surface area (TPSA) is 115 Å². The second-order valence-corrected chi connectivity index (χ2v) is 5.95. The van der Waals surface area contributed by atoms with Crippen molar-refractivity contribution in [1.29, 1.82) is 0 Å². The molecule has 1 atom stereocenters. The number of furan rings is 1. The molecule has 1 saturated heterocycles. The summed E-state index contributed by atoms with van der Waals surface area (Å²) in [4.78, 5) is 33.6. The Morgan fingerprint density at radius 2 is 2.28 bits per heavy atom. The molecule has 2 aromatic heterocycles. The van der Waals surface area contributed by atoms with Crippen molar-refractivity contribution in [2.45, 2.75) is 12.6 Å². The third kappa shape index (κ3) is 4.25. The number of aliphatic hydroxyl groups excluding tert-OH is 1. The second-order valence-electron chi connectivity index (χ2n) is 5.95. The maximum Gasteiger partial charge on any atom is 0.286 e. The van der Waals surface area contributed by atoms with Crippen LogP contribution in [0.2, 0.25) is 0 Å². The van der Waals surface area contributed by atoms with E-state index in [1.807, 2.05) is 9.80 Å². The van der Waals surface area contributed by atoms with E-state index in [4.69, 9.17) is 4.42 Å². The minimum atomic E-state index is -0.586. The summed E-state index contributed by atoms with van der Waals surface area (Å²) in [6, 6.07) is 4.82. The summed E-state index contributed by atoms with van der Waals surface area (Å²) in [7, 11) is 1.55. The van der Waals surface area contributed by atoms with E-state index < -0.39 is 6.10 Å². The van der Waals surface area contributed by atoms with E-state index in [2.05, 4.69) is 15.3 Å². The van der Waals surface area contributed by atoms with Crippen LogP contribution in [0.3, 0.4) is 0 Å². The fourth-order valence-corrected chi connectivity index (χ4v) is 2.87. The zero-order valence-electron chi connectivity index (χ0n) is 13.9. The minimum absolute atomic E-state index is 0.224. The lowest BCUT2D eigenvalue weighted by molar-refractivity contribution is 0.0927. The first-order chi connectivity index (χ1) is 12.0. The highest BCUT2D eigenvalue weighted by Crippen LogP contribution is 2.15. The predicted octanol–water partition coefficient (Wildman–Crippen LogP) is -0.594. The Hall–Kier alpha value is -2.65. The lowest BCUT2D eigenvalue weighted by atomic mass is 10.3. The van der Waals surface area contributed by atoms with Gasteiger partial charge < -0.3 is 24.7 Å². The van der Waals surface area contributed by atoms with E-state index in [9.17, 15) is 14.7 Å². The zero-order chi connectivity index (χ0) is 17.8. The van der Waals surface area contributed by atoms with Crippen molar-refractivity contribution in [3.63, 3.8) is 0 Å². The van der Waals surface area contributed by atoms with Crippen LogP contribution in [0.5, 0.6) is 0 Å². The molecule has 3 N–H and O–H groups in total. The van der Waals surface area contributed by atoms with Gasteiger partial charge in [0.05, 0.1) is 19.0 Å². The third-order valence-electron chi connectivity index (χ3n) is 4.07. The number of aliphatic hydroxyl groups is 1. The molecule has 9 heteroatoms.